The number of anilines is 2. The van der Waals surface area contributed by atoms with Crippen LogP contribution in [0.2, 0.25) is 0 Å². The van der Waals surface area contributed by atoms with E-state index in [4.69, 9.17) is 5.73 Å². The van der Waals surface area contributed by atoms with Gasteiger partial charge in [-0.3, -0.25) is 4.79 Å². The van der Waals surface area contributed by atoms with Crippen LogP contribution in [0, 0.1) is 0 Å². The molecule has 0 bridgehead atoms. The maximum Gasteiger partial charge on any atom is 0.221 e. The molecule has 4 N–H and O–H groups in total. The molecule has 4 nitrogen and oxygen atoms in total. The van der Waals surface area contributed by atoms with Gasteiger partial charge in [0.25, 0.3) is 0 Å². The van der Waals surface area contributed by atoms with Gasteiger partial charge in [-0.25, -0.2) is 0 Å². The van der Waals surface area contributed by atoms with Crippen LogP contribution in [0.3, 0.4) is 0 Å². The Balaban J connectivity index is 1.96. The zero-order chi connectivity index (χ0) is 11.5. The standard InChI is InChI=1S/C12H17N3O/c1-8(16)14-10-3-2-4-11(7-10)15-12-5-9(13)6-12/h2-4,7,9,12,15H,5-6,13H2,1H3,(H,14,16). The maximum absolute atomic E-state index is 10.9. The molecule has 0 saturated heterocycles. The highest BCUT2D eigenvalue weighted by Crippen LogP contribution is 2.24. The summed E-state index contributed by atoms with van der Waals surface area (Å²) in [6.45, 7) is 1.51. The smallest absolute Gasteiger partial charge is 0.221 e. The lowest BCUT2D eigenvalue weighted by Crippen LogP contribution is -2.44. The highest BCUT2D eigenvalue weighted by atomic mass is 16.1. The van der Waals surface area contributed by atoms with Crippen LogP contribution in [0.15, 0.2) is 24.3 Å². The van der Waals surface area contributed by atoms with E-state index in [-0.39, 0.29) is 5.91 Å². The Morgan fingerprint density at radius 3 is 2.69 bits per heavy atom. The van der Waals surface area contributed by atoms with Gasteiger partial charge < -0.3 is 16.4 Å². The van der Waals surface area contributed by atoms with Crippen molar-refractivity contribution in [2.24, 2.45) is 5.73 Å². The van der Waals surface area contributed by atoms with Crippen molar-refractivity contribution in [3.05, 3.63) is 24.3 Å². The van der Waals surface area contributed by atoms with Crippen LogP contribution >= 0.6 is 0 Å². The van der Waals surface area contributed by atoms with Gasteiger partial charge in [0.15, 0.2) is 0 Å². The van der Waals surface area contributed by atoms with Gasteiger partial charge in [0.05, 0.1) is 0 Å². The second kappa shape index (κ2) is 4.53. The predicted molar refractivity (Wildman–Crippen MR) is 65.4 cm³/mol. The number of hydrogen-bond acceptors (Lipinski definition) is 3. The van der Waals surface area contributed by atoms with E-state index in [1.165, 1.54) is 6.92 Å². The molecule has 4 heteroatoms. The van der Waals surface area contributed by atoms with Crippen LogP contribution in [0.5, 0.6) is 0 Å². The Morgan fingerprint density at radius 1 is 1.38 bits per heavy atom. The summed E-state index contributed by atoms with van der Waals surface area (Å²) in [5, 5.41) is 6.15. The molecule has 1 aliphatic carbocycles. The highest BCUT2D eigenvalue weighted by molar-refractivity contribution is 5.89. The average Bonchev–Trinajstić information content (AvgIpc) is 2.15. The molecule has 0 heterocycles. The molecular formula is C12H17N3O. The number of nitrogens with one attached hydrogen (secondary N) is 2. The van der Waals surface area contributed by atoms with E-state index in [0.29, 0.717) is 12.1 Å². The summed E-state index contributed by atoms with van der Waals surface area (Å²) >= 11 is 0. The molecule has 1 fully saturated rings. The highest BCUT2D eigenvalue weighted by Gasteiger charge is 2.25. The summed E-state index contributed by atoms with van der Waals surface area (Å²) in [6.07, 6.45) is 2.04. The summed E-state index contributed by atoms with van der Waals surface area (Å²) < 4.78 is 0. The van der Waals surface area contributed by atoms with E-state index in [1.54, 1.807) is 0 Å². The van der Waals surface area contributed by atoms with E-state index in [1.807, 2.05) is 24.3 Å². The lowest BCUT2D eigenvalue weighted by Gasteiger charge is -2.33. The number of carbonyl (C=O) groups excluding carboxylic acids is 1. The normalized spacial score (nSPS) is 23.4. The Hall–Kier alpha value is -1.55. The van der Waals surface area contributed by atoms with Gasteiger partial charge in [0.1, 0.15) is 0 Å². The minimum Gasteiger partial charge on any atom is -0.382 e. The zero-order valence-corrected chi connectivity index (χ0v) is 9.36. The van der Waals surface area contributed by atoms with E-state index in [9.17, 15) is 4.79 Å². The van der Waals surface area contributed by atoms with E-state index >= 15 is 0 Å². The van der Waals surface area contributed by atoms with Crippen molar-refractivity contribution >= 4 is 17.3 Å². The molecule has 0 unspecified atom stereocenters. The van der Waals surface area contributed by atoms with Crippen molar-refractivity contribution in [3.8, 4) is 0 Å². The SMILES string of the molecule is CC(=O)Nc1cccc(NC2CC(N)C2)c1. The maximum atomic E-state index is 10.9. The molecule has 1 aliphatic rings. The fourth-order valence-electron chi connectivity index (χ4n) is 1.91. The number of amides is 1. The Bertz CT molecular complexity index is 386. The third kappa shape index (κ3) is 2.73. The van der Waals surface area contributed by atoms with Gasteiger partial charge in [0, 0.05) is 30.4 Å². The number of nitrogens with two attached hydrogens (primary N) is 1. The third-order valence-corrected chi connectivity index (χ3v) is 2.73. The first-order valence-corrected chi connectivity index (χ1v) is 5.53. The first kappa shape index (κ1) is 11.0. The van der Waals surface area contributed by atoms with E-state index < -0.39 is 0 Å². The molecule has 2 rings (SSSR count). The average molecular weight is 219 g/mol. The van der Waals surface area contributed by atoms with E-state index in [0.717, 1.165) is 24.2 Å². The molecule has 0 atom stereocenters. The molecule has 0 aromatic heterocycles. The minimum absolute atomic E-state index is 0.0529. The third-order valence-electron chi connectivity index (χ3n) is 2.73. The monoisotopic (exact) mass is 219 g/mol. The molecule has 1 saturated carbocycles. The Morgan fingerprint density at radius 2 is 2.06 bits per heavy atom. The molecule has 16 heavy (non-hydrogen) atoms. The number of hydrogen-bond donors (Lipinski definition) is 3. The first-order chi connectivity index (χ1) is 7.63. The first-order valence-electron chi connectivity index (χ1n) is 5.53. The van der Waals surface area contributed by atoms with Crippen LogP contribution in [-0.2, 0) is 4.79 Å². The summed E-state index contributed by atoms with van der Waals surface area (Å²) in [6, 6.07) is 8.55. The fourth-order valence-corrected chi connectivity index (χ4v) is 1.91. The largest absolute Gasteiger partial charge is 0.382 e. The molecule has 1 amide bonds. The quantitative estimate of drug-likeness (QED) is 0.722. The van der Waals surface area contributed by atoms with Gasteiger partial charge >= 0.3 is 0 Å². The molecule has 1 aromatic rings. The molecular weight excluding hydrogens is 202 g/mol. The summed E-state index contributed by atoms with van der Waals surface area (Å²) in [7, 11) is 0. The number of rotatable bonds is 3. The topological polar surface area (TPSA) is 67.2 Å². The summed E-state index contributed by atoms with van der Waals surface area (Å²) in [5.41, 5.74) is 7.57. The summed E-state index contributed by atoms with van der Waals surface area (Å²) in [4.78, 5) is 10.9. The van der Waals surface area contributed by atoms with Crippen molar-refractivity contribution in [2.45, 2.75) is 31.8 Å². The van der Waals surface area contributed by atoms with Gasteiger partial charge in [-0.15, -0.1) is 0 Å². The lowest BCUT2D eigenvalue weighted by atomic mass is 9.87. The zero-order valence-electron chi connectivity index (χ0n) is 9.36. The molecule has 86 valence electrons. The van der Waals surface area contributed by atoms with Crippen molar-refractivity contribution in [1.82, 2.24) is 0 Å². The molecule has 0 spiro atoms. The summed E-state index contributed by atoms with van der Waals surface area (Å²) in [5.74, 6) is -0.0529. The molecule has 0 aliphatic heterocycles. The fraction of sp³-hybridized carbons (Fsp3) is 0.417. The number of benzene rings is 1. The minimum atomic E-state index is -0.0529. The van der Waals surface area contributed by atoms with Crippen LogP contribution in [-0.4, -0.2) is 18.0 Å². The second-order valence-electron chi connectivity index (χ2n) is 4.33. The van der Waals surface area contributed by atoms with Gasteiger partial charge in [-0.2, -0.15) is 0 Å². The Labute approximate surface area is 95.2 Å². The van der Waals surface area contributed by atoms with Crippen LogP contribution in [0.4, 0.5) is 11.4 Å². The van der Waals surface area contributed by atoms with Crippen LogP contribution < -0.4 is 16.4 Å². The van der Waals surface area contributed by atoms with Crippen molar-refractivity contribution in [1.29, 1.82) is 0 Å². The van der Waals surface area contributed by atoms with Gasteiger partial charge in [-0.1, -0.05) is 6.07 Å². The second-order valence-corrected chi connectivity index (χ2v) is 4.33. The van der Waals surface area contributed by atoms with Crippen molar-refractivity contribution in [3.63, 3.8) is 0 Å². The van der Waals surface area contributed by atoms with Crippen molar-refractivity contribution in [2.75, 3.05) is 10.6 Å². The number of carbonyl (C=O) groups is 1. The Kier molecular flexibility index (Phi) is 3.10. The van der Waals surface area contributed by atoms with Crippen LogP contribution in [0.25, 0.3) is 0 Å². The molecule has 0 radical (unpaired) electrons. The molecule has 1 aromatic carbocycles. The van der Waals surface area contributed by atoms with Gasteiger partial charge in [0.2, 0.25) is 5.91 Å². The van der Waals surface area contributed by atoms with Crippen molar-refractivity contribution < 1.29 is 4.79 Å². The predicted octanol–water partition coefficient (Wildman–Crippen LogP) is 1.55. The van der Waals surface area contributed by atoms with Gasteiger partial charge in [-0.05, 0) is 31.0 Å². The van der Waals surface area contributed by atoms with Crippen LogP contribution in [0.1, 0.15) is 19.8 Å². The lowest BCUT2D eigenvalue weighted by molar-refractivity contribution is -0.114. The van der Waals surface area contributed by atoms with E-state index in [2.05, 4.69) is 10.6 Å².